The molecule has 0 bridgehead atoms. The maximum atomic E-state index is 13.2. The first-order valence-electron chi connectivity index (χ1n) is 11.5. The number of aryl methyl sites for hydroxylation is 1. The number of carbonyl (C=O) groups is 3. The molecule has 0 spiro atoms. The van der Waals surface area contributed by atoms with Crippen LogP contribution in [0.3, 0.4) is 0 Å². The highest BCUT2D eigenvalue weighted by Gasteiger charge is 2.34. The van der Waals surface area contributed by atoms with Gasteiger partial charge in [-0.25, -0.2) is 0 Å². The van der Waals surface area contributed by atoms with Crippen LogP contribution in [0.15, 0.2) is 42.5 Å². The van der Waals surface area contributed by atoms with E-state index in [0.29, 0.717) is 60.2 Å². The minimum atomic E-state index is -0.185. The Bertz CT molecular complexity index is 1050. The maximum absolute atomic E-state index is 13.2. The first kappa shape index (κ1) is 23.8. The molecule has 33 heavy (non-hydrogen) atoms. The number of nitrogens with zero attached hydrogens (tertiary/aromatic N) is 2. The van der Waals surface area contributed by atoms with Gasteiger partial charge in [-0.1, -0.05) is 40.9 Å². The minimum absolute atomic E-state index is 0.0153. The molecule has 2 amide bonds. The first-order valence-corrected chi connectivity index (χ1v) is 12.2. The van der Waals surface area contributed by atoms with Crippen molar-refractivity contribution in [3.63, 3.8) is 0 Å². The van der Waals surface area contributed by atoms with E-state index in [1.54, 1.807) is 23.1 Å². The molecule has 0 N–H and O–H groups in total. The number of halogens is 2. The third-order valence-electron chi connectivity index (χ3n) is 6.74. The molecule has 2 aliphatic rings. The van der Waals surface area contributed by atoms with Gasteiger partial charge in [-0.2, -0.15) is 0 Å². The third kappa shape index (κ3) is 5.42. The fourth-order valence-corrected chi connectivity index (χ4v) is 5.05. The Labute approximate surface area is 204 Å². The second kappa shape index (κ2) is 10.3. The van der Waals surface area contributed by atoms with Crippen molar-refractivity contribution in [2.24, 2.45) is 11.8 Å². The van der Waals surface area contributed by atoms with E-state index in [4.69, 9.17) is 23.2 Å². The van der Waals surface area contributed by atoms with Crippen LogP contribution < -0.4 is 0 Å². The molecule has 2 aromatic rings. The smallest absolute Gasteiger partial charge is 0.253 e. The zero-order chi connectivity index (χ0) is 23.5. The van der Waals surface area contributed by atoms with Crippen LogP contribution in [0.4, 0.5) is 0 Å². The number of hydrogen-bond donors (Lipinski definition) is 0. The average molecular weight is 487 g/mol. The quantitative estimate of drug-likeness (QED) is 0.552. The van der Waals surface area contributed by atoms with Crippen molar-refractivity contribution in [1.82, 2.24) is 9.80 Å². The van der Waals surface area contributed by atoms with Crippen molar-refractivity contribution in [2.45, 2.75) is 32.6 Å². The van der Waals surface area contributed by atoms with Gasteiger partial charge in [-0.05, 0) is 62.9 Å². The third-order valence-corrected chi connectivity index (χ3v) is 7.48. The van der Waals surface area contributed by atoms with Crippen LogP contribution in [0.1, 0.15) is 52.0 Å². The summed E-state index contributed by atoms with van der Waals surface area (Å²) in [6.07, 6.45) is 2.87. The molecule has 2 fully saturated rings. The van der Waals surface area contributed by atoms with Crippen LogP contribution in [0, 0.1) is 18.8 Å². The molecule has 7 heteroatoms. The van der Waals surface area contributed by atoms with Crippen LogP contribution in [0.2, 0.25) is 10.0 Å². The molecule has 5 nitrogen and oxygen atoms in total. The standard InChI is InChI=1S/C26H28Cl2N2O3/c1-17-4-6-19(7-5-17)25(32)30-12-2-3-21(16-30)26(33)29-13-10-18(11-14-29)24(31)20-8-9-22(27)23(28)15-20/h4-9,15,18,21H,2-3,10-14,16H2,1H3. The van der Waals surface area contributed by atoms with Crippen molar-refractivity contribution >= 4 is 40.8 Å². The van der Waals surface area contributed by atoms with E-state index in [-0.39, 0.29) is 29.4 Å². The normalized spacial score (nSPS) is 19.4. The van der Waals surface area contributed by atoms with E-state index in [1.165, 1.54) is 0 Å². The highest BCUT2D eigenvalue weighted by Crippen LogP contribution is 2.28. The number of carbonyl (C=O) groups excluding carboxylic acids is 3. The van der Waals surface area contributed by atoms with E-state index in [0.717, 1.165) is 18.4 Å². The highest BCUT2D eigenvalue weighted by molar-refractivity contribution is 6.42. The van der Waals surface area contributed by atoms with Crippen LogP contribution in [-0.2, 0) is 4.79 Å². The van der Waals surface area contributed by atoms with E-state index in [9.17, 15) is 14.4 Å². The number of piperidine rings is 2. The summed E-state index contributed by atoms with van der Waals surface area (Å²) in [5.74, 6) is -0.184. The number of benzene rings is 2. The lowest BCUT2D eigenvalue weighted by Crippen LogP contribution is -2.49. The largest absolute Gasteiger partial charge is 0.342 e. The summed E-state index contributed by atoms with van der Waals surface area (Å²) in [5.41, 5.74) is 2.33. The minimum Gasteiger partial charge on any atom is -0.342 e. The van der Waals surface area contributed by atoms with Gasteiger partial charge in [0.1, 0.15) is 0 Å². The number of Topliss-reactive ketones (excluding diaryl/α,β-unsaturated/α-hetero) is 1. The summed E-state index contributed by atoms with van der Waals surface area (Å²) in [6.45, 7) is 4.23. The average Bonchev–Trinajstić information content (AvgIpc) is 2.85. The van der Waals surface area contributed by atoms with Crippen molar-refractivity contribution in [2.75, 3.05) is 26.2 Å². The lowest BCUT2D eigenvalue weighted by Gasteiger charge is -2.37. The highest BCUT2D eigenvalue weighted by atomic mass is 35.5. The lowest BCUT2D eigenvalue weighted by atomic mass is 9.87. The summed E-state index contributed by atoms with van der Waals surface area (Å²) in [5, 5.41) is 0.799. The molecule has 4 rings (SSSR count). The van der Waals surface area contributed by atoms with Gasteiger partial charge in [0.05, 0.1) is 16.0 Å². The fraction of sp³-hybridized carbons (Fsp3) is 0.423. The molecule has 2 aliphatic heterocycles. The summed E-state index contributed by atoms with van der Waals surface area (Å²) in [7, 11) is 0. The molecule has 174 valence electrons. The maximum Gasteiger partial charge on any atom is 0.253 e. The molecule has 1 atom stereocenters. The molecule has 0 radical (unpaired) electrons. The second-order valence-electron chi connectivity index (χ2n) is 9.05. The molecule has 0 aliphatic carbocycles. The fourth-order valence-electron chi connectivity index (χ4n) is 4.75. The molecule has 0 aromatic heterocycles. The number of rotatable bonds is 4. The SMILES string of the molecule is Cc1ccc(C(=O)N2CCCC(C(=O)N3CCC(C(=O)c4ccc(Cl)c(Cl)c4)CC3)C2)cc1. The van der Waals surface area contributed by atoms with E-state index in [1.807, 2.05) is 36.1 Å². The van der Waals surface area contributed by atoms with Gasteiger partial charge in [0.25, 0.3) is 5.91 Å². The van der Waals surface area contributed by atoms with Gasteiger partial charge in [0, 0.05) is 43.2 Å². The molecule has 2 saturated heterocycles. The Hall–Kier alpha value is -2.37. The molecular weight excluding hydrogens is 459 g/mol. The van der Waals surface area contributed by atoms with Gasteiger partial charge in [0.2, 0.25) is 5.91 Å². The topological polar surface area (TPSA) is 57.7 Å². The van der Waals surface area contributed by atoms with Gasteiger partial charge in [-0.3, -0.25) is 14.4 Å². The van der Waals surface area contributed by atoms with Gasteiger partial charge >= 0.3 is 0 Å². The van der Waals surface area contributed by atoms with E-state index >= 15 is 0 Å². The summed E-state index contributed by atoms with van der Waals surface area (Å²) in [6, 6.07) is 12.5. The van der Waals surface area contributed by atoms with Crippen LogP contribution >= 0.6 is 23.2 Å². The number of likely N-dealkylation sites (tertiary alicyclic amines) is 2. The zero-order valence-corrected chi connectivity index (χ0v) is 20.2. The van der Waals surface area contributed by atoms with Crippen molar-refractivity contribution < 1.29 is 14.4 Å². The molecule has 0 saturated carbocycles. The van der Waals surface area contributed by atoms with E-state index < -0.39 is 0 Å². The lowest BCUT2D eigenvalue weighted by molar-refractivity contribution is -0.138. The molecule has 2 aromatic carbocycles. The molecular formula is C26H28Cl2N2O3. The Balaban J connectivity index is 1.33. The Morgan fingerprint density at radius 1 is 0.788 bits per heavy atom. The van der Waals surface area contributed by atoms with Crippen LogP contribution in [0.25, 0.3) is 0 Å². The number of ketones is 1. The number of hydrogen-bond acceptors (Lipinski definition) is 3. The Morgan fingerprint density at radius 2 is 1.45 bits per heavy atom. The van der Waals surface area contributed by atoms with Crippen LogP contribution in [0.5, 0.6) is 0 Å². The van der Waals surface area contributed by atoms with Gasteiger partial charge in [-0.15, -0.1) is 0 Å². The monoisotopic (exact) mass is 486 g/mol. The second-order valence-corrected chi connectivity index (χ2v) is 9.86. The summed E-state index contributed by atoms with van der Waals surface area (Å²) >= 11 is 12.0. The van der Waals surface area contributed by atoms with Crippen molar-refractivity contribution in [1.29, 1.82) is 0 Å². The molecule has 1 unspecified atom stereocenters. The summed E-state index contributed by atoms with van der Waals surface area (Å²) in [4.78, 5) is 42.6. The Kier molecular flexibility index (Phi) is 7.40. The first-order chi connectivity index (χ1) is 15.8. The Morgan fingerprint density at radius 3 is 2.12 bits per heavy atom. The van der Waals surface area contributed by atoms with Crippen molar-refractivity contribution in [3.8, 4) is 0 Å². The van der Waals surface area contributed by atoms with Gasteiger partial charge in [0.15, 0.2) is 5.78 Å². The number of amides is 2. The predicted molar refractivity (Wildman–Crippen MR) is 130 cm³/mol. The molecule has 2 heterocycles. The summed E-state index contributed by atoms with van der Waals surface area (Å²) < 4.78 is 0. The van der Waals surface area contributed by atoms with Crippen LogP contribution in [-0.4, -0.2) is 53.6 Å². The van der Waals surface area contributed by atoms with Crippen molar-refractivity contribution in [3.05, 3.63) is 69.2 Å². The van der Waals surface area contributed by atoms with E-state index in [2.05, 4.69) is 0 Å². The predicted octanol–water partition coefficient (Wildman–Crippen LogP) is 5.28. The zero-order valence-electron chi connectivity index (χ0n) is 18.7. The van der Waals surface area contributed by atoms with Gasteiger partial charge < -0.3 is 9.80 Å².